The zero-order chi connectivity index (χ0) is 7.61. The minimum atomic E-state index is -4.00. The Balaban J connectivity index is 0.000001000. The van der Waals surface area contributed by atoms with Gasteiger partial charge in [-0.1, -0.05) is 18.2 Å². The van der Waals surface area contributed by atoms with Gasteiger partial charge in [-0.05, 0) is 12.1 Å². The fraction of sp³-hybridized carbons (Fsp3) is 0. The molecule has 0 heterocycles. The molecule has 1 aromatic rings. The van der Waals surface area contributed by atoms with Gasteiger partial charge in [-0.2, -0.15) is 8.42 Å². The summed E-state index contributed by atoms with van der Waals surface area (Å²) >= 11 is 0. The zero-order valence-corrected chi connectivity index (χ0v) is 10.2. The molecule has 0 aliphatic rings. The first-order chi connectivity index (χ1) is 4.61. The smallest absolute Gasteiger partial charge is 0.282 e. The van der Waals surface area contributed by atoms with E-state index in [2.05, 4.69) is 0 Å². The van der Waals surface area contributed by atoms with Gasteiger partial charge in [-0.15, -0.1) is 0 Å². The second kappa shape index (κ2) is 4.50. The van der Waals surface area contributed by atoms with Crippen LogP contribution in [0.15, 0.2) is 35.2 Å². The van der Waals surface area contributed by atoms with Crippen LogP contribution in [0.4, 0.5) is 0 Å². The van der Waals surface area contributed by atoms with Crippen molar-refractivity contribution in [3.05, 3.63) is 30.3 Å². The first kappa shape index (κ1) is 11.5. The Morgan fingerprint density at radius 3 is 1.82 bits per heavy atom. The maximum atomic E-state index is 10.4. The zero-order valence-electron chi connectivity index (χ0n) is 5.64. The van der Waals surface area contributed by atoms with Crippen molar-refractivity contribution in [2.45, 2.75) is 4.90 Å². The van der Waals surface area contributed by atoms with E-state index in [0.717, 1.165) is 0 Å². The third-order valence-electron chi connectivity index (χ3n) is 1.04. The van der Waals surface area contributed by atoms with Crippen LogP contribution >= 0.6 is 0 Å². The van der Waals surface area contributed by atoms with Gasteiger partial charge in [0.1, 0.15) is 0 Å². The van der Waals surface area contributed by atoms with Crippen molar-refractivity contribution in [1.82, 2.24) is 0 Å². The first-order valence-corrected chi connectivity index (χ1v) is 4.07. The van der Waals surface area contributed by atoms with Gasteiger partial charge < -0.3 is 0 Å². The topological polar surface area (TPSA) is 54.4 Å². The Labute approximate surface area is 98.5 Å². The summed E-state index contributed by atoms with van der Waals surface area (Å²) in [6, 6.07) is 7.42. The van der Waals surface area contributed by atoms with Crippen LogP contribution < -0.4 is 0 Å². The molecule has 0 saturated carbocycles. The molecule has 0 unspecified atom stereocenters. The van der Waals surface area contributed by atoms with Crippen molar-refractivity contribution in [3.8, 4) is 0 Å². The van der Waals surface area contributed by atoms with Crippen molar-refractivity contribution < 1.29 is 54.3 Å². The van der Waals surface area contributed by atoms with Gasteiger partial charge in [0.2, 0.25) is 0 Å². The largest absolute Gasteiger partial charge is 0.294 e. The molecule has 0 aromatic heterocycles. The van der Waals surface area contributed by atoms with Gasteiger partial charge in [0.15, 0.2) is 0 Å². The molecule has 11 heavy (non-hydrogen) atoms. The normalized spacial score (nSPS) is 10.3. The molecule has 1 radical (unpaired) electrons. The van der Waals surface area contributed by atoms with Crippen molar-refractivity contribution in [2.75, 3.05) is 0 Å². The van der Waals surface area contributed by atoms with E-state index in [4.69, 9.17) is 4.55 Å². The second-order valence-electron chi connectivity index (χ2n) is 1.79. The monoisotopic (exact) mass is 299 g/mol. The van der Waals surface area contributed by atoms with Crippen LogP contribution in [0.3, 0.4) is 0 Å². The van der Waals surface area contributed by atoms with Crippen LogP contribution in [-0.2, 0) is 10.1 Å². The van der Waals surface area contributed by atoms with Crippen LogP contribution in [0, 0.1) is 41.3 Å². The summed E-state index contributed by atoms with van der Waals surface area (Å²) in [7, 11) is -4.00. The molecule has 1 N–H and O–H groups in total. The van der Waals surface area contributed by atoms with Crippen LogP contribution in [0.5, 0.6) is 0 Å². The number of hydrogen-bond acceptors (Lipinski definition) is 2. The maximum Gasteiger partial charge on any atom is 0.294 e. The Hall–Kier alpha value is 0.494. The molecule has 0 bridgehead atoms. The Bertz CT molecular complexity index is 306. The average molecular weight is 299 g/mol. The van der Waals surface area contributed by atoms with Crippen molar-refractivity contribution in [3.63, 3.8) is 0 Å². The summed E-state index contributed by atoms with van der Waals surface area (Å²) in [5.41, 5.74) is 0. The quantitative estimate of drug-likeness (QED) is 0.785. The van der Waals surface area contributed by atoms with Gasteiger partial charge in [0.25, 0.3) is 10.1 Å². The third kappa shape index (κ3) is 3.60. The summed E-state index contributed by atoms with van der Waals surface area (Å²) in [4.78, 5) is -0.0741. The summed E-state index contributed by atoms with van der Waals surface area (Å²) < 4.78 is 29.2. The molecule has 5 heteroatoms. The van der Waals surface area contributed by atoms with Crippen LogP contribution in [0.1, 0.15) is 0 Å². The molecule has 0 aliphatic carbocycles. The van der Waals surface area contributed by atoms with Crippen LogP contribution in [0.25, 0.3) is 0 Å². The minimum absolute atomic E-state index is 0. The number of rotatable bonds is 1. The van der Waals surface area contributed by atoms with Crippen LogP contribution in [-0.4, -0.2) is 13.0 Å². The fourth-order valence-electron chi connectivity index (χ4n) is 0.592. The predicted octanol–water partition coefficient (Wildman–Crippen LogP) is 0.933. The van der Waals surface area contributed by atoms with E-state index in [-0.39, 0.29) is 46.2 Å². The molecule has 1 aromatic carbocycles. The van der Waals surface area contributed by atoms with E-state index in [1.54, 1.807) is 18.2 Å². The molecule has 0 saturated heterocycles. The van der Waals surface area contributed by atoms with Gasteiger partial charge >= 0.3 is 0 Å². The van der Waals surface area contributed by atoms with Crippen LogP contribution in [0.2, 0.25) is 0 Å². The molecule has 0 amide bonds. The van der Waals surface area contributed by atoms with E-state index < -0.39 is 10.1 Å². The SMILES string of the molecule is O=S(=O)(O)c1ccccc1.[Pr]. The third-order valence-corrected chi connectivity index (χ3v) is 1.91. The van der Waals surface area contributed by atoms with Gasteiger partial charge in [-0.25, -0.2) is 0 Å². The standard InChI is InChI=1S/C6H6O3S.Pr/c7-10(8,9)6-4-2-1-3-5-6;/h1-5H,(H,7,8,9);. The number of benzene rings is 1. The van der Waals surface area contributed by atoms with Crippen molar-refractivity contribution in [2.24, 2.45) is 0 Å². The second-order valence-corrected chi connectivity index (χ2v) is 3.21. The summed E-state index contributed by atoms with van der Waals surface area (Å²) in [5.74, 6) is 0. The fourth-order valence-corrected chi connectivity index (χ4v) is 1.09. The first-order valence-electron chi connectivity index (χ1n) is 2.63. The average Bonchev–Trinajstić information content (AvgIpc) is 1.88. The van der Waals surface area contributed by atoms with E-state index in [0.29, 0.717) is 0 Å². The number of hydrogen-bond donors (Lipinski definition) is 1. The van der Waals surface area contributed by atoms with E-state index in [9.17, 15) is 8.42 Å². The molecule has 0 fully saturated rings. The van der Waals surface area contributed by atoms with Crippen molar-refractivity contribution >= 4 is 10.1 Å². The van der Waals surface area contributed by atoms with E-state index >= 15 is 0 Å². The molecular formula is C6H6O3PrS. The minimum Gasteiger partial charge on any atom is -0.282 e. The molecule has 0 spiro atoms. The van der Waals surface area contributed by atoms with Gasteiger partial charge in [-0.3, -0.25) is 4.55 Å². The Kier molecular flexibility index (Phi) is 4.70. The molecule has 0 aliphatic heterocycles. The van der Waals surface area contributed by atoms with E-state index in [1.807, 2.05) is 0 Å². The van der Waals surface area contributed by atoms with Gasteiger partial charge in [0.05, 0.1) is 4.90 Å². The molecule has 1 rings (SSSR count). The molecule has 0 atom stereocenters. The summed E-state index contributed by atoms with van der Waals surface area (Å²) in [5, 5.41) is 0. The maximum absolute atomic E-state index is 10.4. The predicted molar refractivity (Wildman–Crippen MR) is 36.3 cm³/mol. The molecular weight excluding hydrogens is 293 g/mol. The van der Waals surface area contributed by atoms with E-state index in [1.165, 1.54) is 12.1 Å². The summed E-state index contributed by atoms with van der Waals surface area (Å²) in [6.45, 7) is 0. The Morgan fingerprint density at radius 2 is 1.55 bits per heavy atom. The molecule has 57 valence electrons. The Morgan fingerprint density at radius 1 is 1.09 bits per heavy atom. The summed E-state index contributed by atoms with van der Waals surface area (Å²) in [6.07, 6.45) is 0. The van der Waals surface area contributed by atoms with Crippen molar-refractivity contribution in [1.29, 1.82) is 0 Å². The molecule has 3 nitrogen and oxygen atoms in total. The van der Waals surface area contributed by atoms with Gasteiger partial charge in [0, 0.05) is 41.3 Å².